The van der Waals surface area contributed by atoms with Crippen LogP contribution in [0.2, 0.25) is 0 Å². The first-order valence-corrected chi connectivity index (χ1v) is 3.95. The van der Waals surface area contributed by atoms with Gasteiger partial charge < -0.3 is 0 Å². The van der Waals surface area contributed by atoms with Gasteiger partial charge in [-0.25, -0.2) is 9.68 Å². The predicted octanol–water partition coefficient (Wildman–Crippen LogP) is 0.0976. The normalized spacial score (nSPS) is 27.6. The molecule has 2 atom stereocenters. The molecule has 0 aliphatic heterocycles. The maximum atomic E-state index is 8.33. The first-order valence-electron chi connectivity index (χ1n) is 3.95. The Labute approximate surface area is 79.5 Å². The van der Waals surface area contributed by atoms with Crippen LogP contribution in [0, 0.1) is 0 Å². The molecule has 0 fully saturated rings. The Balaban J connectivity index is 2.32. The fourth-order valence-corrected chi connectivity index (χ4v) is 1.19. The highest BCUT2D eigenvalue weighted by atomic mass is 17.1. The van der Waals surface area contributed by atoms with Crippen molar-refractivity contribution in [2.24, 2.45) is 0 Å². The molecule has 0 radical (unpaired) electrons. The minimum atomic E-state index is -0.462. The minimum Gasteiger partial charge on any atom is -0.266 e. The van der Waals surface area contributed by atoms with Crippen molar-refractivity contribution in [3.05, 3.63) is 12.2 Å². The summed E-state index contributed by atoms with van der Waals surface area (Å²) >= 11 is 0. The fourth-order valence-electron chi connectivity index (χ4n) is 1.19. The minimum absolute atomic E-state index is 0.361. The molecule has 1 aliphatic rings. The van der Waals surface area contributed by atoms with Gasteiger partial charge in [-0.3, -0.25) is 20.8 Å². The van der Waals surface area contributed by atoms with Crippen LogP contribution in [0.1, 0.15) is 12.8 Å². The molecular formula is C6H12N2O6. The van der Waals surface area contributed by atoms with Gasteiger partial charge in [-0.15, -0.1) is 0 Å². The number of hydrogen-bond acceptors (Lipinski definition) is 8. The standard InChI is InChI=1S/C6H12N2O6/c9-7(10)13-5-1-2-6(4-3-5)14-8(11)12/h1-2,5-6,9-12H,3-4H2. The van der Waals surface area contributed by atoms with Gasteiger partial charge in [0.15, 0.2) is 0 Å². The van der Waals surface area contributed by atoms with Gasteiger partial charge in [-0.2, -0.15) is 0 Å². The molecule has 0 spiro atoms. The van der Waals surface area contributed by atoms with E-state index in [0.29, 0.717) is 12.8 Å². The van der Waals surface area contributed by atoms with E-state index >= 15 is 0 Å². The SMILES string of the molecule is ON(O)OC1C=CC(ON(O)O)CC1. The number of rotatable bonds is 4. The van der Waals surface area contributed by atoms with E-state index in [-0.39, 0.29) is 10.8 Å². The molecule has 14 heavy (non-hydrogen) atoms. The van der Waals surface area contributed by atoms with Crippen LogP contribution in [0.25, 0.3) is 0 Å². The summed E-state index contributed by atoms with van der Waals surface area (Å²) in [5, 5.41) is 32.6. The van der Waals surface area contributed by atoms with Gasteiger partial charge in [0, 0.05) is 0 Å². The van der Waals surface area contributed by atoms with Crippen LogP contribution in [-0.4, -0.2) is 43.8 Å². The molecule has 2 unspecified atom stereocenters. The molecule has 0 aromatic heterocycles. The highest BCUT2D eigenvalue weighted by molar-refractivity contribution is 4.99. The molecule has 0 aromatic carbocycles. The van der Waals surface area contributed by atoms with Gasteiger partial charge in [0.25, 0.3) is 0 Å². The van der Waals surface area contributed by atoms with Gasteiger partial charge in [-0.1, -0.05) is 12.2 Å². The first kappa shape index (κ1) is 11.5. The van der Waals surface area contributed by atoms with Crippen LogP contribution in [0.15, 0.2) is 12.2 Å². The van der Waals surface area contributed by atoms with Crippen LogP contribution >= 0.6 is 0 Å². The Morgan fingerprint density at radius 1 is 0.857 bits per heavy atom. The lowest BCUT2D eigenvalue weighted by Crippen LogP contribution is -2.30. The van der Waals surface area contributed by atoms with Gasteiger partial charge in [0.1, 0.15) is 12.2 Å². The van der Waals surface area contributed by atoms with Crippen LogP contribution in [0.3, 0.4) is 0 Å². The molecule has 0 amide bonds. The van der Waals surface area contributed by atoms with E-state index in [4.69, 9.17) is 20.8 Å². The Morgan fingerprint density at radius 3 is 1.43 bits per heavy atom. The molecule has 1 rings (SSSR count). The first-order chi connectivity index (χ1) is 6.58. The number of nitrogens with zero attached hydrogens (tertiary/aromatic N) is 2. The third kappa shape index (κ3) is 4.09. The van der Waals surface area contributed by atoms with E-state index in [1.807, 2.05) is 0 Å². The molecule has 8 nitrogen and oxygen atoms in total. The van der Waals surface area contributed by atoms with E-state index in [1.54, 1.807) is 0 Å². The van der Waals surface area contributed by atoms with Crippen molar-refractivity contribution >= 4 is 0 Å². The lowest BCUT2D eigenvalue weighted by molar-refractivity contribution is -0.507. The second-order valence-corrected chi connectivity index (χ2v) is 2.76. The third-order valence-corrected chi connectivity index (χ3v) is 1.74. The number of hydrogen-bond donors (Lipinski definition) is 4. The summed E-state index contributed by atoms with van der Waals surface area (Å²) in [6, 6.07) is 0. The van der Waals surface area contributed by atoms with E-state index in [2.05, 4.69) is 9.68 Å². The van der Waals surface area contributed by atoms with Crippen molar-refractivity contribution in [3.8, 4) is 0 Å². The van der Waals surface area contributed by atoms with Crippen molar-refractivity contribution in [1.29, 1.82) is 0 Å². The molecule has 1 aliphatic carbocycles. The zero-order valence-corrected chi connectivity index (χ0v) is 7.22. The average molecular weight is 208 g/mol. The van der Waals surface area contributed by atoms with Crippen molar-refractivity contribution in [1.82, 2.24) is 10.8 Å². The van der Waals surface area contributed by atoms with Crippen LogP contribution in [0.4, 0.5) is 0 Å². The largest absolute Gasteiger partial charge is 0.266 e. The fraction of sp³-hybridized carbons (Fsp3) is 0.667. The van der Waals surface area contributed by atoms with Gasteiger partial charge >= 0.3 is 0 Å². The summed E-state index contributed by atoms with van der Waals surface area (Å²) < 4.78 is 0. The predicted molar refractivity (Wildman–Crippen MR) is 38.9 cm³/mol. The monoisotopic (exact) mass is 208 g/mol. The van der Waals surface area contributed by atoms with Gasteiger partial charge in [-0.05, 0) is 12.8 Å². The topological polar surface area (TPSA) is 106 Å². The molecule has 0 saturated heterocycles. The van der Waals surface area contributed by atoms with E-state index in [0.717, 1.165) is 0 Å². The maximum absolute atomic E-state index is 8.33. The molecule has 82 valence electrons. The maximum Gasteiger partial charge on any atom is 0.103 e. The van der Waals surface area contributed by atoms with Gasteiger partial charge in [0.05, 0.1) is 10.8 Å². The Morgan fingerprint density at radius 2 is 1.21 bits per heavy atom. The molecule has 0 bridgehead atoms. The zero-order valence-electron chi connectivity index (χ0n) is 7.22. The highest BCUT2D eigenvalue weighted by Crippen LogP contribution is 2.17. The molecule has 4 N–H and O–H groups in total. The van der Waals surface area contributed by atoms with E-state index in [9.17, 15) is 0 Å². The smallest absolute Gasteiger partial charge is 0.103 e. The molecule has 8 heteroatoms. The van der Waals surface area contributed by atoms with Crippen LogP contribution in [-0.2, 0) is 9.68 Å². The summed E-state index contributed by atoms with van der Waals surface area (Å²) in [4.78, 5) is 9.02. The Bertz CT molecular complexity index is 177. The Hall–Kier alpha value is -0.580. The molecular weight excluding hydrogens is 196 g/mol. The van der Waals surface area contributed by atoms with Gasteiger partial charge in [0.2, 0.25) is 0 Å². The lowest BCUT2D eigenvalue weighted by Gasteiger charge is -2.23. The second-order valence-electron chi connectivity index (χ2n) is 2.76. The summed E-state index contributed by atoms with van der Waals surface area (Å²) in [7, 11) is 0. The summed E-state index contributed by atoms with van der Waals surface area (Å²) in [6.07, 6.45) is 3.05. The zero-order chi connectivity index (χ0) is 10.6. The average Bonchev–Trinajstić information content (AvgIpc) is 2.06. The summed E-state index contributed by atoms with van der Waals surface area (Å²) in [6.45, 7) is 0. The molecule has 0 heterocycles. The third-order valence-electron chi connectivity index (χ3n) is 1.74. The van der Waals surface area contributed by atoms with Crippen molar-refractivity contribution in [3.63, 3.8) is 0 Å². The van der Waals surface area contributed by atoms with Crippen molar-refractivity contribution in [2.75, 3.05) is 0 Å². The van der Waals surface area contributed by atoms with Crippen LogP contribution in [0.5, 0.6) is 0 Å². The summed E-state index contributed by atoms with van der Waals surface area (Å²) in [5.74, 6) is 0. The highest BCUT2D eigenvalue weighted by Gasteiger charge is 2.19. The van der Waals surface area contributed by atoms with Crippen LogP contribution < -0.4 is 0 Å². The van der Waals surface area contributed by atoms with Crippen molar-refractivity contribution in [2.45, 2.75) is 25.0 Å². The second kappa shape index (κ2) is 5.34. The molecule has 0 saturated carbocycles. The van der Waals surface area contributed by atoms with Crippen molar-refractivity contribution < 1.29 is 30.5 Å². The van der Waals surface area contributed by atoms with E-state index < -0.39 is 12.2 Å². The Kier molecular flexibility index (Phi) is 4.38. The molecule has 0 aromatic rings. The van der Waals surface area contributed by atoms with E-state index in [1.165, 1.54) is 12.2 Å². The summed E-state index contributed by atoms with van der Waals surface area (Å²) in [5.41, 5.74) is 0. The quantitative estimate of drug-likeness (QED) is 0.380. The lowest BCUT2D eigenvalue weighted by atomic mass is 10.0.